The fraction of sp³-hybridized carbons (Fsp3) is 0.647. The molecule has 146 valence electrons. The molecule has 0 atom stereocenters. The molecule has 0 unspecified atom stereocenters. The van der Waals surface area contributed by atoms with E-state index < -0.39 is 12.1 Å². The topological polar surface area (TPSA) is 170 Å². The van der Waals surface area contributed by atoms with Gasteiger partial charge in [0, 0.05) is 16.7 Å². The number of anilines is 2. The molecule has 0 aromatic carbocycles. The predicted molar refractivity (Wildman–Crippen MR) is 99.1 cm³/mol. The Labute approximate surface area is 157 Å². The fourth-order valence-electron chi connectivity index (χ4n) is 6.07. The number of nitrogens with two attached hydrogens (primary N) is 4. The van der Waals surface area contributed by atoms with Gasteiger partial charge in [0.1, 0.15) is 0 Å². The second-order valence-corrected chi connectivity index (χ2v) is 8.42. The monoisotopic (exact) mass is 374 g/mol. The quantitative estimate of drug-likeness (QED) is 0.346. The van der Waals surface area contributed by atoms with Gasteiger partial charge < -0.3 is 11.5 Å². The highest BCUT2D eigenvalue weighted by Gasteiger charge is 2.53. The van der Waals surface area contributed by atoms with Crippen LogP contribution in [0.2, 0.25) is 0 Å². The number of urea groups is 2. The summed E-state index contributed by atoms with van der Waals surface area (Å²) in [4.78, 5) is 32.0. The summed E-state index contributed by atoms with van der Waals surface area (Å²) in [5.41, 5.74) is 12.0. The molecule has 8 N–H and O–H groups in total. The fourth-order valence-corrected chi connectivity index (χ4v) is 6.07. The van der Waals surface area contributed by atoms with Crippen LogP contribution < -0.4 is 33.2 Å². The molecule has 0 radical (unpaired) electrons. The van der Waals surface area contributed by atoms with Crippen LogP contribution in [0, 0.1) is 24.7 Å². The minimum absolute atomic E-state index is 0.111. The molecule has 0 spiro atoms. The van der Waals surface area contributed by atoms with E-state index in [2.05, 4.69) is 9.97 Å². The lowest BCUT2D eigenvalue weighted by Crippen LogP contribution is -2.51. The maximum atomic E-state index is 11.8. The third-order valence-electron chi connectivity index (χ3n) is 6.55. The van der Waals surface area contributed by atoms with Gasteiger partial charge in [-0.1, -0.05) is 0 Å². The van der Waals surface area contributed by atoms with Crippen molar-refractivity contribution in [1.82, 2.24) is 9.97 Å². The summed E-state index contributed by atoms with van der Waals surface area (Å²) in [7, 11) is 0. The molecular formula is C17H26N8O2. The first kappa shape index (κ1) is 17.9. The summed E-state index contributed by atoms with van der Waals surface area (Å²) >= 11 is 0. The molecule has 4 saturated carbocycles. The van der Waals surface area contributed by atoms with E-state index in [-0.39, 0.29) is 17.2 Å². The minimum Gasteiger partial charge on any atom is -0.350 e. The lowest BCUT2D eigenvalue weighted by molar-refractivity contribution is -0.00552. The van der Waals surface area contributed by atoms with Crippen LogP contribution in [0.1, 0.15) is 49.8 Å². The Kier molecular flexibility index (Phi) is 4.00. The van der Waals surface area contributed by atoms with Crippen LogP contribution in [-0.4, -0.2) is 22.0 Å². The molecule has 4 aliphatic rings. The van der Waals surface area contributed by atoms with E-state index >= 15 is 0 Å². The zero-order valence-corrected chi connectivity index (χ0v) is 15.4. The van der Waals surface area contributed by atoms with Crippen LogP contribution in [0.3, 0.4) is 0 Å². The molecule has 1 heterocycles. The van der Waals surface area contributed by atoms with Gasteiger partial charge in [-0.3, -0.25) is 0 Å². The molecule has 0 saturated heterocycles. The Hall–Kier alpha value is -2.46. The average Bonchev–Trinajstić information content (AvgIpc) is 2.57. The molecule has 4 bridgehead atoms. The number of hydrazine groups is 2. The van der Waals surface area contributed by atoms with Crippen molar-refractivity contribution in [3.8, 4) is 0 Å². The summed E-state index contributed by atoms with van der Waals surface area (Å²) < 4.78 is 0. The maximum absolute atomic E-state index is 11.8. The molecule has 10 nitrogen and oxygen atoms in total. The van der Waals surface area contributed by atoms with Crippen LogP contribution in [-0.2, 0) is 5.41 Å². The molecule has 1 aromatic rings. The molecule has 4 aliphatic carbocycles. The first-order chi connectivity index (χ1) is 12.7. The Morgan fingerprint density at radius 1 is 0.926 bits per heavy atom. The lowest BCUT2D eigenvalue weighted by Gasteiger charge is -2.57. The van der Waals surface area contributed by atoms with E-state index in [9.17, 15) is 9.59 Å². The Balaban J connectivity index is 1.87. The van der Waals surface area contributed by atoms with Gasteiger partial charge in [-0.2, -0.15) is 9.99 Å². The van der Waals surface area contributed by atoms with E-state index in [1.165, 1.54) is 19.3 Å². The average molecular weight is 374 g/mol. The first-order valence-corrected chi connectivity index (χ1v) is 9.28. The Morgan fingerprint density at radius 3 is 1.85 bits per heavy atom. The molecule has 4 fully saturated rings. The van der Waals surface area contributed by atoms with Crippen molar-refractivity contribution in [3.05, 3.63) is 11.3 Å². The number of hydrogen-bond donors (Lipinski definition) is 4. The second-order valence-electron chi connectivity index (χ2n) is 8.42. The van der Waals surface area contributed by atoms with Crippen molar-refractivity contribution < 1.29 is 9.59 Å². The van der Waals surface area contributed by atoms with Crippen LogP contribution in [0.5, 0.6) is 0 Å². The zero-order chi connectivity index (χ0) is 19.5. The molecule has 27 heavy (non-hydrogen) atoms. The lowest BCUT2D eigenvalue weighted by atomic mass is 9.48. The highest BCUT2D eigenvalue weighted by Crippen LogP contribution is 2.62. The SMILES string of the molecule is Cc1nc(N(N)C(N)=O)nc(N(N)C(N)=O)c1C12CC3CC(CC(C3)C1)C2. The maximum Gasteiger partial charge on any atom is 0.336 e. The van der Waals surface area contributed by atoms with E-state index in [1.807, 2.05) is 6.92 Å². The third kappa shape index (κ3) is 2.79. The minimum atomic E-state index is -0.912. The van der Waals surface area contributed by atoms with Gasteiger partial charge in [-0.25, -0.2) is 31.3 Å². The van der Waals surface area contributed by atoms with Crippen molar-refractivity contribution in [2.24, 2.45) is 40.9 Å². The smallest absolute Gasteiger partial charge is 0.336 e. The van der Waals surface area contributed by atoms with Crippen molar-refractivity contribution in [3.63, 3.8) is 0 Å². The summed E-state index contributed by atoms with van der Waals surface area (Å²) in [6, 6.07) is -1.75. The van der Waals surface area contributed by atoms with E-state index in [4.69, 9.17) is 23.2 Å². The predicted octanol–water partition coefficient (Wildman–Crippen LogP) is 0.770. The second kappa shape index (κ2) is 6.03. The molecular weight excluding hydrogens is 348 g/mol. The Morgan fingerprint density at radius 2 is 1.41 bits per heavy atom. The van der Waals surface area contributed by atoms with Gasteiger partial charge in [0.2, 0.25) is 0 Å². The number of hydrogen-bond acceptors (Lipinski definition) is 6. The van der Waals surface area contributed by atoms with Crippen LogP contribution in [0.15, 0.2) is 0 Å². The van der Waals surface area contributed by atoms with Gasteiger partial charge in [0.05, 0.1) is 0 Å². The number of primary amides is 2. The van der Waals surface area contributed by atoms with Crippen molar-refractivity contribution in [1.29, 1.82) is 0 Å². The molecule has 0 aliphatic heterocycles. The third-order valence-corrected chi connectivity index (χ3v) is 6.55. The number of amides is 4. The number of aromatic nitrogens is 2. The molecule has 10 heteroatoms. The molecule has 1 aromatic heterocycles. The number of aryl methyl sites for hydroxylation is 1. The van der Waals surface area contributed by atoms with Gasteiger partial charge in [-0.15, -0.1) is 0 Å². The first-order valence-electron chi connectivity index (χ1n) is 9.28. The van der Waals surface area contributed by atoms with Gasteiger partial charge in [-0.05, 0) is 63.2 Å². The van der Waals surface area contributed by atoms with Crippen molar-refractivity contribution >= 4 is 23.8 Å². The molecule has 5 rings (SSSR count). The van der Waals surface area contributed by atoms with Crippen molar-refractivity contribution in [2.45, 2.75) is 50.9 Å². The summed E-state index contributed by atoms with van der Waals surface area (Å²) in [6.07, 6.45) is 6.91. The number of rotatable bonds is 3. The van der Waals surface area contributed by atoms with Gasteiger partial charge in [0.25, 0.3) is 5.95 Å². The van der Waals surface area contributed by atoms with Gasteiger partial charge in [0.15, 0.2) is 5.82 Å². The van der Waals surface area contributed by atoms with E-state index in [0.717, 1.165) is 29.8 Å². The zero-order valence-electron chi connectivity index (χ0n) is 15.4. The van der Waals surface area contributed by atoms with Crippen LogP contribution in [0.25, 0.3) is 0 Å². The van der Waals surface area contributed by atoms with E-state index in [1.54, 1.807) is 0 Å². The normalized spacial score (nSPS) is 31.0. The highest BCUT2D eigenvalue weighted by molar-refractivity contribution is 5.91. The summed E-state index contributed by atoms with van der Waals surface area (Å²) in [6.45, 7) is 1.83. The summed E-state index contributed by atoms with van der Waals surface area (Å²) in [5.74, 6) is 13.8. The number of carbonyl (C=O) groups is 2. The standard InChI is InChI=1S/C17H26N8O2/c1-8-12(17-5-9-2-10(6-17)4-11(3-9)7-17)13(24(20)14(18)26)23-16(22-8)25(21)15(19)27/h9-11H,2-7,20-21H2,1H3,(H2,18,26)(H2,19,27). The van der Waals surface area contributed by atoms with Crippen LogP contribution in [0.4, 0.5) is 21.4 Å². The van der Waals surface area contributed by atoms with Gasteiger partial charge >= 0.3 is 12.1 Å². The summed E-state index contributed by atoms with van der Waals surface area (Å²) in [5, 5.41) is 1.45. The van der Waals surface area contributed by atoms with Crippen molar-refractivity contribution in [2.75, 3.05) is 10.0 Å². The van der Waals surface area contributed by atoms with Crippen LogP contribution >= 0.6 is 0 Å². The largest absolute Gasteiger partial charge is 0.350 e. The number of nitrogens with zero attached hydrogens (tertiary/aromatic N) is 4. The number of carbonyl (C=O) groups excluding carboxylic acids is 2. The highest BCUT2D eigenvalue weighted by atomic mass is 16.2. The Bertz CT molecular complexity index is 775. The molecule has 4 amide bonds. The van der Waals surface area contributed by atoms with E-state index in [0.29, 0.717) is 28.5 Å².